The molecular formula is C15H14N4. The lowest BCUT2D eigenvalue weighted by molar-refractivity contribution is 0.692. The van der Waals surface area contributed by atoms with Gasteiger partial charge < -0.3 is 9.88 Å². The van der Waals surface area contributed by atoms with Crippen LogP contribution in [0.15, 0.2) is 36.5 Å². The van der Waals surface area contributed by atoms with Crippen LogP contribution < -0.4 is 5.32 Å². The van der Waals surface area contributed by atoms with E-state index >= 15 is 0 Å². The minimum Gasteiger partial charge on any atom is -0.342 e. The maximum atomic E-state index is 8.87. The van der Waals surface area contributed by atoms with Gasteiger partial charge in [-0.25, -0.2) is 0 Å². The zero-order chi connectivity index (χ0) is 13.7. The minimum absolute atomic E-state index is 0.662. The highest BCUT2D eigenvalue weighted by molar-refractivity contribution is 5.31. The van der Waals surface area contributed by atoms with Gasteiger partial charge in [0.1, 0.15) is 11.8 Å². The second-order valence-electron chi connectivity index (χ2n) is 4.37. The van der Waals surface area contributed by atoms with E-state index in [9.17, 15) is 0 Å². The normalized spacial score (nSPS) is 9.84. The second-order valence-corrected chi connectivity index (χ2v) is 4.37. The maximum absolute atomic E-state index is 8.87. The summed E-state index contributed by atoms with van der Waals surface area (Å²) in [6.45, 7) is 1.46. The van der Waals surface area contributed by atoms with Crippen LogP contribution >= 0.6 is 0 Å². The van der Waals surface area contributed by atoms with Crippen LogP contribution in [-0.2, 0) is 20.1 Å². The third kappa shape index (κ3) is 3.22. The molecule has 1 aromatic heterocycles. The Balaban J connectivity index is 1.89. The smallest absolute Gasteiger partial charge is 0.120 e. The van der Waals surface area contributed by atoms with Crippen molar-refractivity contribution in [1.29, 1.82) is 10.5 Å². The van der Waals surface area contributed by atoms with Gasteiger partial charge in [-0.3, -0.25) is 0 Å². The van der Waals surface area contributed by atoms with Gasteiger partial charge in [-0.15, -0.1) is 0 Å². The van der Waals surface area contributed by atoms with Crippen LogP contribution in [0.2, 0.25) is 0 Å². The first kappa shape index (κ1) is 12.9. The van der Waals surface area contributed by atoms with Crippen molar-refractivity contribution in [2.75, 3.05) is 0 Å². The highest BCUT2D eigenvalue weighted by atomic mass is 14.9. The summed E-state index contributed by atoms with van der Waals surface area (Å²) >= 11 is 0. The third-order valence-corrected chi connectivity index (χ3v) is 2.92. The third-order valence-electron chi connectivity index (χ3n) is 2.92. The first-order valence-corrected chi connectivity index (χ1v) is 5.98. The summed E-state index contributed by atoms with van der Waals surface area (Å²) in [7, 11) is 1.86. The molecule has 2 rings (SSSR count). The molecule has 0 saturated heterocycles. The van der Waals surface area contributed by atoms with Crippen LogP contribution in [0, 0.1) is 22.7 Å². The van der Waals surface area contributed by atoms with Crippen LogP contribution in [0.5, 0.6) is 0 Å². The number of rotatable bonds is 4. The van der Waals surface area contributed by atoms with Crippen molar-refractivity contribution >= 4 is 0 Å². The molecule has 1 N–H and O–H groups in total. The number of nitrogens with one attached hydrogen (secondary N) is 1. The van der Waals surface area contributed by atoms with E-state index in [1.54, 1.807) is 0 Å². The molecule has 19 heavy (non-hydrogen) atoms. The van der Waals surface area contributed by atoms with E-state index in [4.69, 9.17) is 10.5 Å². The summed E-state index contributed by atoms with van der Waals surface area (Å²) in [5, 5.41) is 20.9. The standard InChI is InChI=1S/C15H14N4/c1-19-11-14(6-15(19)8-17)10-18-9-13-4-2-12(7-16)3-5-13/h2-6,11,18H,9-10H2,1H3. The van der Waals surface area contributed by atoms with Crippen molar-refractivity contribution in [1.82, 2.24) is 9.88 Å². The minimum atomic E-state index is 0.662. The largest absolute Gasteiger partial charge is 0.342 e. The van der Waals surface area contributed by atoms with Crippen LogP contribution in [-0.4, -0.2) is 4.57 Å². The number of aryl methyl sites for hydroxylation is 1. The predicted octanol–water partition coefficient (Wildman–Crippen LogP) is 2.06. The van der Waals surface area contributed by atoms with E-state index in [2.05, 4.69) is 17.5 Å². The molecule has 0 amide bonds. The molecule has 0 aliphatic heterocycles. The average molecular weight is 250 g/mol. The lowest BCUT2D eigenvalue weighted by atomic mass is 10.1. The highest BCUT2D eigenvalue weighted by Crippen LogP contribution is 2.07. The molecule has 0 bridgehead atoms. The monoisotopic (exact) mass is 250 g/mol. The Labute approximate surface area is 112 Å². The van der Waals surface area contributed by atoms with Gasteiger partial charge in [-0.1, -0.05) is 12.1 Å². The van der Waals surface area contributed by atoms with Gasteiger partial charge in [0, 0.05) is 26.3 Å². The summed E-state index contributed by atoms with van der Waals surface area (Å²) in [6, 6.07) is 13.6. The Morgan fingerprint density at radius 3 is 2.32 bits per heavy atom. The van der Waals surface area contributed by atoms with E-state index in [1.165, 1.54) is 0 Å². The fraction of sp³-hybridized carbons (Fsp3) is 0.200. The Bertz CT molecular complexity index is 638. The first-order valence-electron chi connectivity index (χ1n) is 5.98. The Morgan fingerprint density at radius 1 is 1.05 bits per heavy atom. The summed E-state index contributed by atoms with van der Waals surface area (Å²) in [5.41, 5.74) is 3.56. The van der Waals surface area contributed by atoms with E-state index in [0.717, 1.165) is 24.2 Å². The quantitative estimate of drug-likeness (QED) is 0.903. The van der Waals surface area contributed by atoms with Gasteiger partial charge >= 0.3 is 0 Å². The molecule has 0 unspecified atom stereocenters. The average Bonchev–Trinajstić information content (AvgIpc) is 2.80. The van der Waals surface area contributed by atoms with E-state index in [0.29, 0.717) is 11.3 Å². The van der Waals surface area contributed by atoms with Crippen LogP contribution in [0.4, 0.5) is 0 Å². The number of nitrogens with zero attached hydrogens (tertiary/aromatic N) is 3. The van der Waals surface area contributed by atoms with Crippen molar-refractivity contribution in [2.45, 2.75) is 13.1 Å². The Hall–Kier alpha value is -2.56. The molecule has 2 aromatic rings. The predicted molar refractivity (Wildman–Crippen MR) is 71.8 cm³/mol. The lowest BCUT2D eigenvalue weighted by Gasteiger charge is -2.03. The molecule has 0 aliphatic carbocycles. The highest BCUT2D eigenvalue weighted by Gasteiger charge is 2.01. The summed E-state index contributed by atoms with van der Waals surface area (Å²) in [5.74, 6) is 0. The molecule has 0 radical (unpaired) electrons. The van der Waals surface area contributed by atoms with Gasteiger partial charge in [-0.2, -0.15) is 10.5 Å². The molecular weight excluding hydrogens is 236 g/mol. The van der Waals surface area contributed by atoms with Gasteiger partial charge in [-0.05, 0) is 29.3 Å². The van der Waals surface area contributed by atoms with Crippen LogP contribution in [0.3, 0.4) is 0 Å². The maximum Gasteiger partial charge on any atom is 0.120 e. The molecule has 1 heterocycles. The van der Waals surface area contributed by atoms with Crippen LogP contribution in [0.25, 0.3) is 0 Å². The Morgan fingerprint density at radius 2 is 1.74 bits per heavy atom. The molecule has 4 nitrogen and oxygen atoms in total. The zero-order valence-corrected chi connectivity index (χ0v) is 10.7. The van der Waals surface area contributed by atoms with E-state index in [1.807, 2.05) is 48.1 Å². The molecule has 0 fully saturated rings. The van der Waals surface area contributed by atoms with Crippen molar-refractivity contribution < 1.29 is 0 Å². The number of benzene rings is 1. The van der Waals surface area contributed by atoms with Gasteiger partial charge in [0.2, 0.25) is 0 Å². The summed E-state index contributed by atoms with van der Waals surface area (Å²) < 4.78 is 1.82. The number of aromatic nitrogens is 1. The van der Waals surface area contributed by atoms with Gasteiger partial charge in [0.25, 0.3) is 0 Å². The van der Waals surface area contributed by atoms with Crippen molar-refractivity contribution in [3.8, 4) is 12.1 Å². The van der Waals surface area contributed by atoms with Crippen LogP contribution in [0.1, 0.15) is 22.4 Å². The van der Waals surface area contributed by atoms with Crippen molar-refractivity contribution in [2.24, 2.45) is 7.05 Å². The number of nitriles is 2. The first-order chi connectivity index (χ1) is 9.22. The van der Waals surface area contributed by atoms with E-state index in [-0.39, 0.29) is 0 Å². The molecule has 0 spiro atoms. The summed E-state index contributed by atoms with van der Waals surface area (Å²) in [4.78, 5) is 0. The molecule has 4 heteroatoms. The molecule has 0 atom stereocenters. The van der Waals surface area contributed by atoms with Gasteiger partial charge in [0.15, 0.2) is 0 Å². The fourth-order valence-electron chi connectivity index (χ4n) is 1.89. The molecule has 94 valence electrons. The molecule has 0 saturated carbocycles. The van der Waals surface area contributed by atoms with Gasteiger partial charge in [0.05, 0.1) is 11.6 Å². The molecule has 0 aliphatic rings. The SMILES string of the molecule is Cn1cc(CNCc2ccc(C#N)cc2)cc1C#N. The Kier molecular flexibility index (Phi) is 3.97. The second kappa shape index (κ2) is 5.86. The number of hydrogen-bond donors (Lipinski definition) is 1. The molecule has 1 aromatic carbocycles. The topological polar surface area (TPSA) is 64.5 Å². The van der Waals surface area contributed by atoms with E-state index < -0.39 is 0 Å². The number of hydrogen-bond acceptors (Lipinski definition) is 3. The summed E-state index contributed by atoms with van der Waals surface area (Å²) in [6.07, 6.45) is 1.95. The zero-order valence-electron chi connectivity index (χ0n) is 10.7. The fourth-order valence-corrected chi connectivity index (χ4v) is 1.89. The van der Waals surface area contributed by atoms with Crippen molar-refractivity contribution in [3.63, 3.8) is 0 Å². The lowest BCUT2D eigenvalue weighted by Crippen LogP contribution is -2.12. The van der Waals surface area contributed by atoms with Crippen molar-refractivity contribution in [3.05, 3.63) is 58.9 Å².